The summed E-state index contributed by atoms with van der Waals surface area (Å²) in [7, 11) is -3.27. The van der Waals surface area contributed by atoms with Crippen LogP contribution in [0.4, 0.5) is 0 Å². The lowest BCUT2D eigenvalue weighted by Gasteiger charge is -2.25. The Morgan fingerprint density at radius 3 is 2.67 bits per heavy atom. The van der Waals surface area contributed by atoms with Crippen molar-refractivity contribution in [2.45, 2.75) is 18.9 Å². The minimum Gasteiger partial charge on any atom is -0.480 e. The van der Waals surface area contributed by atoms with Crippen molar-refractivity contribution in [3.05, 3.63) is 0 Å². The highest BCUT2D eigenvalue weighted by Crippen LogP contribution is 2.37. The normalized spacial score (nSPS) is 24.9. The Morgan fingerprint density at radius 2 is 2.28 bits per heavy atom. The monoisotopic (exact) mass is 297 g/mol. The molecular formula is C10H17ClNO5P. The molecule has 18 heavy (non-hydrogen) atoms. The Balaban J connectivity index is 2.71. The van der Waals surface area contributed by atoms with Crippen molar-refractivity contribution in [2.75, 3.05) is 25.3 Å². The summed E-state index contributed by atoms with van der Waals surface area (Å²) in [6.45, 7) is 1.48. The number of carbonyl (C=O) groups excluding carboxylic acids is 1. The molecule has 3 atom stereocenters. The van der Waals surface area contributed by atoms with Gasteiger partial charge in [-0.25, -0.2) is 4.79 Å². The summed E-state index contributed by atoms with van der Waals surface area (Å²) in [5.41, 5.74) is 0. The molecule has 0 bridgehead atoms. The van der Waals surface area contributed by atoms with Crippen LogP contribution in [0, 0.1) is 5.92 Å². The van der Waals surface area contributed by atoms with Gasteiger partial charge >= 0.3 is 5.97 Å². The van der Waals surface area contributed by atoms with E-state index in [1.165, 1.54) is 11.6 Å². The van der Waals surface area contributed by atoms with Gasteiger partial charge in [-0.15, -0.1) is 11.6 Å². The molecule has 0 radical (unpaired) electrons. The second kappa shape index (κ2) is 6.04. The van der Waals surface area contributed by atoms with E-state index < -0.39 is 19.4 Å². The number of rotatable bonds is 6. The van der Waals surface area contributed by atoms with Gasteiger partial charge in [-0.1, -0.05) is 0 Å². The molecule has 8 heteroatoms. The van der Waals surface area contributed by atoms with Crippen molar-refractivity contribution in [2.24, 2.45) is 5.92 Å². The standard InChI is InChI=1S/C10H17ClNO5P/c1-18(16,17)3-2-8(10(14)15)12-6-7(5-11)4-9(12)13/h7-8H,2-6H2,1H3,(H,14,15)(H,16,17). The zero-order valence-corrected chi connectivity index (χ0v) is 11.7. The summed E-state index contributed by atoms with van der Waals surface area (Å²) in [5, 5.41) is 9.11. The molecule has 0 aliphatic carbocycles. The molecule has 0 saturated carbocycles. The van der Waals surface area contributed by atoms with Crippen molar-refractivity contribution in [1.82, 2.24) is 4.90 Å². The molecule has 6 nitrogen and oxygen atoms in total. The number of carbonyl (C=O) groups is 2. The van der Waals surface area contributed by atoms with Crippen molar-refractivity contribution in [1.29, 1.82) is 0 Å². The van der Waals surface area contributed by atoms with E-state index in [0.29, 0.717) is 12.4 Å². The smallest absolute Gasteiger partial charge is 0.326 e. The van der Waals surface area contributed by atoms with Crippen molar-refractivity contribution < 1.29 is 24.2 Å². The molecule has 0 spiro atoms. The average Bonchev–Trinajstić information content (AvgIpc) is 2.58. The maximum Gasteiger partial charge on any atom is 0.326 e. The van der Waals surface area contributed by atoms with Crippen LogP contribution in [0.3, 0.4) is 0 Å². The summed E-state index contributed by atoms with van der Waals surface area (Å²) in [6.07, 6.45) is 0.121. The molecule has 1 fully saturated rings. The minimum atomic E-state index is -3.27. The Hall–Kier alpha value is -0.580. The Morgan fingerprint density at radius 1 is 1.67 bits per heavy atom. The minimum absolute atomic E-state index is 0.0135. The Kier molecular flexibility index (Phi) is 5.20. The van der Waals surface area contributed by atoms with Gasteiger partial charge in [0, 0.05) is 31.7 Å². The fourth-order valence-electron chi connectivity index (χ4n) is 1.99. The number of carboxylic acid groups (broad SMARTS) is 1. The molecule has 0 aromatic carbocycles. The maximum absolute atomic E-state index is 11.7. The number of carboxylic acids is 1. The summed E-state index contributed by atoms with van der Waals surface area (Å²) in [4.78, 5) is 33.3. The topological polar surface area (TPSA) is 94.9 Å². The van der Waals surface area contributed by atoms with E-state index in [0.717, 1.165) is 0 Å². The van der Waals surface area contributed by atoms with Crippen LogP contribution in [0.1, 0.15) is 12.8 Å². The predicted molar refractivity (Wildman–Crippen MR) is 67.2 cm³/mol. The number of likely N-dealkylation sites (tertiary alicyclic amines) is 1. The molecule has 1 heterocycles. The first kappa shape index (κ1) is 15.5. The number of hydrogen-bond acceptors (Lipinski definition) is 3. The van der Waals surface area contributed by atoms with Gasteiger partial charge < -0.3 is 14.9 Å². The van der Waals surface area contributed by atoms with Gasteiger partial charge in [-0.3, -0.25) is 9.36 Å². The maximum atomic E-state index is 11.7. The van der Waals surface area contributed by atoms with E-state index in [9.17, 15) is 19.0 Å². The van der Waals surface area contributed by atoms with Gasteiger partial charge in [0.25, 0.3) is 0 Å². The highest BCUT2D eigenvalue weighted by Gasteiger charge is 2.37. The summed E-state index contributed by atoms with van der Waals surface area (Å²) < 4.78 is 11.2. The van der Waals surface area contributed by atoms with Gasteiger partial charge in [-0.05, 0) is 12.3 Å². The van der Waals surface area contributed by atoms with Crippen LogP contribution in [0.5, 0.6) is 0 Å². The number of amides is 1. The van der Waals surface area contributed by atoms with E-state index in [2.05, 4.69) is 0 Å². The van der Waals surface area contributed by atoms with Gasteiger partial charge in [0.15, 0.2) is 7.37 Å². The molecule has 0 aromatic rings. The lowest BCUT2D eigenvalue weighted by molar-refractivity contribution is -0.148. The predicted octanol–water partition coefficient (Wildman–Crippen LogP) is 0.817. The quantitative estimate of drug-likeness (QED) is 0.559. The van der Waals surface area contributed by atoms with Gasteiger partial charge in [0.1, 0.15) is 6.04 Å². The largest absolute Gasteiger partial charge is 0.480 e. The SMILES string of the molecule is CP(=O)(O)CCC(C(=O)O)N1CC(CCl)CC1=O. The lowest BCUT2D eigenvalue weighted by Crippen LogP contribution is -2.42. The van der Waals surface area contributed by atoms with E-state index in [4.69, 9.17) is 16.7 Å². The van der Waals surface area contributed by atoms with Crippen LogP contribution in [0.25, 0.3) is 0 Å². The average molecular weight is 298 g/mol. The molecule has 2 N–H and O–H groups in total. The summed E-state index contributed by atoms with van der Waals surface area (Å²) in [6, 6.07) is -1.04. The summed E-state index contributed by atoms with van der Waals surface area (Å²) in [5.74, 6) is -1.13. The van der Waals surface area contributed by atoms with Gasteiger partial charge in [0.05, 0.1) is 0 Å². The van der Waals surface area contributed by atoms with E-state index in [1.54, 1.807) is 0 Å². The first-order chi connectivity index (χ1) is 8.24. The Labute approximate surface area is 110 Å². The van der Waals surface area contributed by atoms with E-state index in [1.807, 2.05) is 0 Å². The Bertz CT molecular complexity index is 382. The molecule has 1 saturated heterocycles. The fraction of sp³-hybridized carbons (Fsp3) is 0.800. The molecule has 1 amide bonds. The fourth-order valence-corrected chi connectivity index (χ4v) is 2.92. The van der Waals surface area contributed by atoms with Crippen LogP contribution >= 0.6 is 19.0 Å². The highest BCUT2D eigenvalue weighted by atomic mass is 35.5. The van der Waals surface area contributed by atoms with Crippen molar-refractivity contribution in [3.8, 4) is 0 Å². The molecular weight excluding hydrogens is 281 g/mol. The van der Waals surface area contributed by atoms with Crippen LogP contribution in [0.15, 0.2) is 0 Å². The van der Waals surface area contributed by atoms with Gasteiger partial charge in [0.2, 0.25) is 5.91 Å². The molecule has 0 aromatic heterocycles. The molecule has 1 aliphatic heterocycles. The number of nitrogens with zero attached hydrogens (tertiary/aromatic N) is 1. The third-order valence-corrected chi connectivity index (χ3v) is 4.46. The second-order valence-corrected chi connectivity index (χ2v) is 7.55. The number of alkyl halides is 1. The zero-order valence-electron chi connectivity index (χ0n) is 10.1. The zero-order chi connectivity index (χ0) is 13.9. The number of hydrogen-bond donors (Lipinski definition) is 2. The first-order valence-electron chi connectivity index (χ1n) is 5.62. The van der Waals surface area contributed by atoms with Crippen LogP contribution in [-0.4, -0.2) is 58.1 Å². The third kappa shape index (κ3) is 4.26. The lowest BCUT2D eigenvalue weighted by atomic mass is 10.1. The van der Waals surface area contributed by atoms with Crippen LogP contribution < -0.4 is 0 Å². The number of halogens is 1. The third-order valence-electron chi connectivity index (χ3n) is 2.94. The molecule has 3 unspecified atom stereocenters. The van der Waals surface area contributed by atoms with Crippen molar-refractivity contribution in [3.63, 3.8) is 0 Å². The van der Waals surface area contributed by atoms with E-state index >= 15 is 0 Å². The van der Waals surface area contributed by atoms with Crippen LogP contribution in [-0.2, 0) is 14.2 Å². The van der Waals surface area contributed by atoms with E-state index in [-0.39, 0.29) is 30.8 Å². The first-order valence-corrected chi connectivity index (χ1v) is 8.44. The number of aliphatic carboxylic acids is 1. The summed E-state index contributed by atoms with van der Waals surface area (Å²) >= 11 is 5.66. The van der Waals surface area contributed by atoms with Gasteiger partial charge in [-0.2, -0.15) is 0 Å². The molecule has 1 aliphatic rings. The molecule has 1 rings (SSSR count). The van der Waals surface area contributed by atoms with Crippen LogP contribution in [0.2, 0.25) is 0 Å². The second-order valence-electron chi connectivity index (χ2n) is 4.69. The highest BCUT2D eigenvalue weighted by molar-refractivity contribution is 7.57. The van der Waals surface area contributed by atoms with Crippen molar-refractivity contribution >= 4 is 30.8 Å². The molecule has 104 valence electrons.